The van der Waals surface area contributed by atoms with Crippen LogP contribution in [-0.2, 0) is 5.60 Å². The Morgan fingerprint density at radius 1 is 0.952 bits per heavy atom. The van der Waals surface area contributed by atoms with Crippen LogP contribution in [0.15, 0.2) is 48.5 Å². The van der Waals surface area contributed by atoms with Crippen LogP contribution in [0.4, 0.5) is 8.78 Å². The molecule has 1 saturated carbocycles. The van der Waals surface area contributed by atoms with E-state index in [1.54, 1.807) is 0 Å². The van der Waals surface area contributed by atoms with Gasteiger partial charge in [-0.2, -0.15) is 0 Å². The molecular weight excluding hydrogens is 270 g/mol. The van der Waals surface area contributed by atoms with Crippen LogP contribution in [-0.4, -0.2) is 5.11 Å². The number of aliphatic hydroxyl groups is 1. The van der Waals surface area contributed by atoms with Gasteiger partial charge in [0.15, 0.2) is 0 Å². The van der Waals surface area contributed by atoms with E-state index in [4.69, 9.17) is 0 Å². The van der Waals surface area contributed by atoms with Crippen molar-refractivity contribution < 1.29 is 13.9 Å². The van der Waals surface area contributed by atoms with E-state index in [1.807, 2.05) is 18.2 Å². The van der Waals surface area contributed by atoms with Gasteiger partial charge in [0.2, 0.25) is 0 Å². The minimum atomic E-state index is -1.25. The van der Waals surface area contributed by atoms with Crippen LogP contribution < -0.4 is 0 Å². The van der Waals surface area contributed by atoms with Gasteiger partial charge in [0.25, 0.3) is 0 Å². The first-order chi connectivity index (χ1) is 10.1. The van der Waals surface area contributed by atoms with Crippen molar-refractivity contribution in [1.82, 2.24) is 0 Å². The fraction of sp³-hybridized carbons (Fsp3) is 0.333. The second kappa shape index (κ2) is 5.57. The second-order valence-electron chi connectivity index (χ2n) is 5.84. The van der Waals surface area contributed by atoms with Crippen LogP contribution >= 0.6 is 0 Å². The molecule has 0 unspecified atom stereocenters. The normalized spacial score (nSPS) is 25.8. The zero-order valence-electron chi connectivity index (χ0n) is 11.7. The van der Waals surface area contributed by atoms with E-state index in [0.717, 1.165) is 31.0 Å². The lowest BCUT2D eigenvalue weighted by molar-refractivity contribution is -0.00895. The van der Waals surface area contributed by atoms with E-state index in [0.29, 0.717) is 18.8 Å². The van der Waals surface area contributed by atoms with Crippen LogP contribution in [0.5, 0.6) is 0 Å². The number of rotatable bonds is 2. The average Bonchev–Trinajstić information content (AvgIpc) is 2.51. The first kappa shape index (κ1) is 14.2. The molecule has 0 heterocycles. The maximum absolute atomic E-state index is 13.9. The molecule has 0 amide bonds. The molecule has 1 aliphatic rings. The summed E-state index contributed by atoms with van der Waals surface area (Å²) in [5, 5.41) is 10.7. The van der Waals surface area contributed by atoms with Crippen molar-refractivity contribution in [2.75, 3.05) is 0 Å². The Morgan fingerprint density at radius 3 is 2.29 bits per heavy atom. The van der Waals surface area contributed by atoms with E-state index in [9.17, 15) is 13.9 Å². The zero-order valence-corrected chi connectivity index (χ0v) is 11.7. The van der Waals surface area contributed by atoms with E-state index in [1.165, 1.54) is 5.56 Å². The van der Waals surface area contributed by atoms with Gasteiger partial charge in [-0.1, -0.05) is 30.3 Å². The maximum Gasteiger partial charge on any atom is 0.129 e. The second-order valence-corrected chi connectivity index (χ2v) is 5.84. The van der Waals surface area contributed by atoms with Crippen molar-refractivity contribution in [2.45, 2.75) is 37.2 Å². The van der Waals surface area contributed by atoms with Crippen molar-refractivity contribution in [1.29, 1.82) is 0 Å². The largest absolute Gasteiger partial charge is 0.385 e. The van der Waals surface area contributed by atoms with Crippen LogP contribution in [0.2, 0.25) is 0 Å². The molecule has 3 rings (SSSR count). The molecule has 1 nitrogen and oxygen atoms in total. The first-order valence-electron chi connectivity index (χ1n) is 7.31. The highest BCUT2D eigenvalue weighted by molar-refractivity contribution is 5.27. The molecule has 3 heteroatoms. The Balaban J connectivity index is 1.79. The van der Waals surface area contributed by atoms with E-state index in [2.05, 4.69) is 12.1 Å². The van der Waals surface area contributed by atoms with Crippen molar-refractivity contribution in [2.24, 2.45) is 0 Å². The summed E-state index contributed by atoms with van der Waals surface area (Å²) in [6.07, 6.45) is 2.45. The molecular formula is C18H18F2O. The minimum Gasteiger partial charge on any atom is -0.385 e. The third-order valence-corrected chi connectivity index (χ3v) is 4.51. The summed E-state index contributed by atoms with van der Waals surface area (Å²) < 4.78 is 27.2. The first-order valence-corrected chi connectivity index (χ1v) is 7.31. The Kier molecular flexibility index (Phi) is 3.77. The van der Waals surface area contributed by atoms with Crippen LogP contribution in [0.1, 0.15) is 42.7 Å². The standard InChI is InChI=1S/C18H18F2O/c19-15-6-7-17(20)16(12-15)18(21)10-8-14(9-11-18)13-4-2-1-3-5-13/h1-7,12,14,21H,8-11H2. The SMILES string of the molecule is OC1(c2cc(F)ccc2F)CCC(c2ccccc2)CC1. The predicted molar refractivity (Wildman–Crippen MR) is 77.9 cm³/mol. The summed E-state index contributed by atoms with van der Waals surface area (Å²) in [7, 11) is 0. The van der Waals surface area contributed by atoms with E-state index < -0.39 is 17.2 Å². The smallest absolute Gasteiger partial charge is 0.129 e. The molecule has 0 aromatic heterocycles. The molecule has 0 radical (unpaired) electrons. The molecule has 2 aromatic carbocycles. The lowest BCUT2D eigenvalue weighted by Gasteiger charge is -2.36. The topological polar surface area (TPSA) is 20.2 Å². The Bertz CT molecular complexity index is 616. The van der Waals surface area contributed by atoms with Gasteiger partial charge in [-0.25, -0.2) is 8.78 Å². The Hall–Kier alpha value is -1.74. The highest BCUT2D eigenvalue weighted by atomic mass is 19.1. The quantitative estimate of drug-likeness (QED) is 0.862. The monoisotopic (exact) mass is 288 g/mol. The third-order valence-electron chi connectivity index (χ3n) is 4.51. The number of hydrogen-bond donors (Lipinski definition) is 1. The molecule has 110 valence electrons. The molecule has 0 aliphatic heterocycles. The zero-order chi connectivity index (χ0) is 14.9. The van der Waals surface area contributed by atoms with Crippen LogP contribution in [0, 0.1) is 11.6 Å². The van der Waals surface area contributed by atoms with Gasteiger partial charge < -0.3 is 5.11 Å². The summed E-state index contributed by atoms with van der Waals surface area (Å²) in [6, 6.07) is 13.4. The fourth-order valence-corrected chi connectivity index (χ4v) is 3.28. The number of halogens is 2. The summed E-state index contributed by atoms with van der Waals surface area (Å²) in [6.45, 7) is 0. The van der Waals surface area contributed by atoms with Crippen molar-refractivity contribution in [3.8, 4) is 0 Å². The summed E-state index contributed by atoms with van der Waals surface area (Å²) in [5.41, 5.74) is 0.0885. The van der Waals surface area contributed by atoms with E-state index in [-0.39, 0.29) is 5.56 Å². The summed E-state index contributed by atoms with van der Waals surface area (Å²) in [4.78, 5) is 0. The molecule has 0 spiro atoms. The summed E-state index contributed by atoms with van der Waals surface area (Å²) in [5.74, 6) is -0.662. The third kappa shape index (κ3) is 2.84. The fourth-order valence-electron chi connectivity index (χ4n) is 3.28. The average molecular weight is 288 g/mol. The van der Waals surface area contributed by atoms with Gasteiger partial charge in [-0.15, -0.1) is 0 Å². The molecule has 1 fully saturated rings. The van der Waals surface area contributed by atoms with Gasteiger partial charge in [-0.3, -0.25) is 0 Å². The molecule has 1 aliphatic carbocycles. The van der Waals surface area contributed by atoms with Crippen molar-refractivity contribution >= 4 is 0 Å². The molecule has 2 aromatic rings. The number of hydrogen-bond acceptors (Lipinski definition) is 1. The summed E-state index contributed by atoms with van der Waals surface area (Å²) >= 11 is 0. The van der Waals surface area contributed by atoms with Gasteiger partial charge in [-0.05, 0) is 55.4 Å². The maximum atomic E-state index is 13.9. The predicted octanol–water partition coefficient (Wildman–Crippen LogP) is 4.51. The molecule has 21 heavy (non-hydrogen) atoms. The molecule has 0 atom stereocenters. The minimum absolute atomic E-state index is 0.0917. The van der Waals surface area contributed by atoms with Gasteiger partial charge in [0.1, 0.15) is 11.6 Å². The molecule has 0 bridgehead atoms. The highest BCUT2D eigenvalue weighted by Crippen LogP contribution is 2.44. The lowest BCUT2D eigenvalue weighted by Crippen LogP contribution is -2.32. The number of benzene rings is 2. The highest BCUT2D eigenvalue weighted by Gasteiger charge is 2.37. The van der Waals surface area contributed by atoms with Crippen LogP contribution in [0.3, 0.4) is 0 Å². The Labute approximate surface area is 123 Å². The van der Waals surface area contributed by atoms with E-state index >= 15 is 0 Å². The van der Waals surface area contributed by atoms with Gasteiger partial charge in [0.05, 0.1) is 5.60 Å². The van der Waals surface area contributed by atoms with Crippen LogP contribution in [0.25, 0.3) is 0 Å². The Morgan fingerprint density at radius 2 is 1.62 bits per heavy atom. The van der Waals surface area contributed by atoms with Crippen molar-refractivity contribution in [3.63, 3.8) is 0 Å². The molecule has 1 N–H and O–H groups in total. The van der Waals surface area contributed by atoms with Gasteiger partial charge in [0, 0.05) is 5.56 Å². The van der Waals surface area contributed by atoms with Crippen molar-refractivity contribution in [3.05, 3.63) is 71.3 Å². The molecule has 0 saturated heterocycles. The lowest BCUT2D eigenvalue weighted by atomic mass is 9.73. The van der Waals surface area contributed by atoms with Gasteiger partial charge >= 0.3 is 0 Å².